The Kier molecular flexibility index (Phi) is 5.17. The van der Waals surface area contributed by atoms with Crippen LogP contribution in [0.25, 0.3) is 0 Å². The molecule has 1 N–H and O–H groups in total. The molecule has 30 heavy (non-hydrogen) atoms. The Balaban J connectivity index is 1.24. The smallest absolute Gasteiger partial charge is 0.258 e. The van der Waals surface area contributed by atoms with Crippen LogP contribution in [0.15, 0.2) is 42.5 Å². The van der Waals surface area contributed by atoms with Gasteiger partial charge in [-0.05, 0) is 55.0 Å². The number of hydrogen-bond donors (Lipinski definition) is 1. The van der Waals surface area contributed by atoms with Crippen LogP contribution in [-0.4, -0.2) is 42.1 Å². The number of ether oxygens (including phenoxy) is 2. The lowest BCUT2D eigenvalue weighted by Gasteiger charge is -2.16. The number of rotatable bonds is 7. The number of fused-ring (bicyclic) bond motifs is 1. The quantitative estimate of drug-likeness (QED) is 0.766. The largest absolute Gasteiger partial charge is 0.490 e. The van der Waals surface area contributed by atoms with Crippen LogP contribution in [0.1, 0.15) is 57.5 Å². The fraction of sp³-hybridized carbons (Fsp3) is 0.417. The number of benzene rings is 2. The molecule has 3 aliphatic rings. The summed E-state index contributed by atoms with van der Waals surface area (Å²) in [6.45, 7) is 2.33. The van der Waals surface area contributed by atoms with Crippen LogP contribution >= 0.6 is 0 Å². The zero-order chi connectivity index (χ0) is 20.5. The van der Waals surface area contributed by atoms with Gasteiger partial charge in [0.25, 0.3) is 11.8 Å². The summed E-state index contributed by atoms with van der Waals surface area (Å²) < 4.78 is 11.6. The van der Waals surface area contributed by atoms with Gasteiger partial charge in [-0.15, -0.1) is 0 Å². The maximum atomic E-state index is 13.1. The predicted molar refractivity (Wildman–Crippen MR) is 111 cm³/mol. The van der Waals surface area contributed by atoms with Gasteiger partial charge in [0, 0.05) is 31.3 Å². The van der Waals surface area contributed by atoms with E-state index in [0.29, 0.717) is 42.6 Å². The molecule has 0 aromatic heterocycles. The Morgan fingerprint density at radius 2 is 1.97 bits per heavy atom. The van der Waals surface area contributed by atoms with E-state index >= 15 is 0 Å². The van der Waals surface area contributed by atoms with Crippen molar-refractivity contribution in [2.75, 3.05) is 13.2 Å². The highest BCUT2D eigenvalue weighted by atomic mass is 16.5. The van der Waals surface area contributed by atoms with Crippen LogP contribution < -0.4 is 10.1 Å². The van der Waals surface area contributed by atoms with Gasteiger partial charge in [-0.1, -0.05) is 24.3 Å². The molecule has 2 heterocycles. The lowest BCUT2D eigenvalue weighted by atomic mass is 10.1. The molecule has 2 amide bonds. The lowest BCUT2D eigenvalue weighted by molar-refractivity contribution is 0.0659. The van der Waals surface area contributed by atoms with E-state index in [-0.39, 0.29) is 17.9 Å². The third-order valence-electron chi connectivity index (χ3n) is 5.93. The van der Waals surface area contributed by atoms with Crippen LogP contribution in [0, 0.1) is 0 Å². The molecule has 6 heteroatoms. The average Bonchev–Trinajstić information content (AvgIpc) is 3.30. The summed E-state index contributed by atoms with van der Waals surface area (Å²) in [6.07, 6.45) is 4.32. The first kappa shape index (κ1) is 19.1. The number of nitrogens with one attached hydrogen (secondary N) is 1. The van der Waals surface area contributed by atoms with Gasteiger partial charge in [0.1, 0.15) is 12.4 Å². The van der Waals surface area contributed by atoms with Gasteiger partial charge in [-0.3, -0.25) is 9.59 Å². The Bertz CT molecular complexity index is 946. The fourth-order valence-corrected chi connectivity index (χ4v) is 4.07. The number of hydrogen-bond acceptors (Lipinski definition) is 4. The Labute approximate surface area is 176 Å². The third-order valence-corrected chi connectivity index (χ3v) is 5.93. The van der Waals surface area contributed by atoms with Gasteiger partial charge >= 0.3 is 0 Å². The molecule has 0 spiro atoms. The van der Waals surface area contributed by atoms with E-state index in [1.165, 1.54) is 0 Å². The molecule has 2 aromatic carbocycles. The molecule has 1 atom stereocenters. The lowest BCUT2D eigenvalue weighted by Crippen LogP contribution is -2.25. The molecule has 6 nitrogen and oxygen atoms in total. The minimum Gasteiger partial charge on any atom is -0.490 e. The summed E-state index contributed by atoms with van der Waals surface area (Å²) in [4.78, 5) is 27.0. The molecule has 0 bridgehead atoms. The fourth-order valence-electron chi connectivity index (χ4n) is 4.07. The summed E-state index contributed by atoms with van der Waals surface area (Å²) >= 11 is 0. The van der Waals surface area contributed by atoms with Gasteiger partial charge in [-0.2, -0.15) is 0 Å². The molecule has 5 rings (SSSR count). The summed E-state index contributed by atoms with van der Waals surface area (Å²) in [5.41, 5.74) is 3.31. The van der Waals surface area contributed by atoms with Crippen molar-refractivity contribution in [2.45, 2.75) is 50.9 Å². The molecular formula is C24H26N2O4. The summed E-state index contributed by atoms with van der Waals surface area (Å²) in [5, 5.41) is 2.99. The van der Waals surface area contributed by atoms with Crippen molar-refractivity contribution in [3.8, 4) is 5.75 Å². The minimum atomic E-state index is -0.0262. The van der Waals surface area contributed by atoms with E-state index in [9.17, 15) is 9.59 Å². The van der Waals surface area contributed by atoms with Gasteiger partial charge in [0.15, 0.2) is 0 Å². The van der Waals surface area contributed by atoms with Crippen molar-refractivity contribution in [1.82, 2.24) is 10.2 Å². The van der Waals surface area contributed by atoms with Crippen LogP contribution in [0.3, 0.4) is 0 Å². The van der Waals surface area contributed by atoms with E-state index in [1.807, 2.05) is 47.4 Å². The molecule has 0 radical (unpaired) electrons. The monoisotopic (exact) mass is 406 g/mol. The third kappa shape index (κ3) is 4.05. The van der Waals surface area contributed by atoms with Crippen molar-refractivity contribution in [1.29, 1.82) is 0 Å². The second kappa shape index (κ2) is 8.11. The molecule has 2 aromatic rings. The predicted octanol–water partition coefficient (Wildman–Crippen LogP) is 3.29. The first-order valence-electron chi connectivity index (χ1n) is 10.7. The zero-order valence-corrected chi connectivity index (χ0v) is 16.9. The van der Waals surface area contributed by atoms with Crippen LogP contribution in [0.4, 0.5) is 0 Å². The van der Waals surface area contributed by atoms with E-state index < -0.39 is 0 Å². The summed E-state index contributed by atoms with van der Waals surface area (Å²) in [5.74, 6) is 0.604. The maximum absolute atomic E-state index is 13.1. The number of carbonyl (C=O) groups is 2. The van der Waals surface area contributed by atoms with Crippen molar-refractivity contribution in [3.05, 3.63) is 64.7 Å². The highest BCUT2D eigenvalue weighted by Crippen LogP contribution is 2.32. The minimum absolute atomic E-state index is 0.0107. The summed E-state index contributed by atoms with van der Waals surface area (Å²) in [6, 6.07) is 13.6. The maximum Gasteiger partial charge on any atom is 0.258 e. The molecule has 1 aliphatic carbocycles. The standard InChI is InChI=1S/C24H26N2O4/c27-23(25-19-10-11-19)17-8-6-16(7-9-17)13-26-14-18-3-1-5-21(22(18)24(26)28)30-15-20-4-2-12-29-20/h1,3,5-9,19-20H,2,4,10-15H2,(H,25,27). The SMILES string of the molecule is O=C(NC1CC1)c1ccc(CN2Cc3cccc(OCC4CCCO4)c3C2=O)cc1. The van der Waals surface area contributed by atoms with Crippen LogP contribution in [0.5, 0.6) is 5.75 Å². The number of carbonyl (C=O) groups excluding carboxylic acids is 2. The first-order chi connectivity index (χ1) is 14.7. The molecule has 1 saturated heterocycles. The zero-order valence-electron chi connectivity index (χ0n) is 16.9. The van der Waals surface area contributed by atoms with E-state index in [4.69, 9.17) is 9.47 Å². The van der Waals surface area contributed by atoms with Gasteiger partial charge < -0.3 is 19.7 Å². The number of amides is 2. The summed E-state index contributed by atoms with van der Waals surface area (Å²) in [7, 11) is 0. The first-order valence-corrected chi connectivity index (χ1v) is 10.7. The highest BCUT2D eigenvalue weighted by Gasteiger charge is 2.31. The molecular weight excluding hydrogens is 380 g/mol. The molecule has 1 unspecified atom stereocenters. The van der Waals surface area contributed by atoms with E-state index in [0.717, 1.165) is 43.4 Å². The van der Waals surface area contributed by atoms with Gasteiger partial charge in [0.05, 0.1) is 11.7 Å². The van der Waals surface area contributed by atoms with Crippen molar-refractivity contribution < 1.29 is 19.1 Å². The van der Waals surface area contributed by atoms with Crippen molar-refractivity contribution in [2.24, 2.45) is 0 Å². The molecule has 1 saturated carbocycles. The Morgan fingerprint density at radius 1 is 1.13 bits per heavy atom. The number of nitrogens with zero attached hydrogens (tertiary/aromatic N) is 1. The van der Waals surface area contributed by atoms with Crippen molar-refractivity contribution in [3.63, 3.8) is 0 Å². The molecule has 2 fully saturated rings. The normalized spacial score (nSPS) is 20.3. The van der Waals surface area contributed by atoms with E-state index in [1.54, 1.807) is 0 Å². The van der Waals surface area contributed by atoms with E-state index in [2.05, 4.69) is 5.32 Å². The second-order valence-corrected chi connectivity index (χ2v) is 8.34. The van der Waals surface area contributed by atoms with Gasteiger partial charge in [0.2, 0.25) is 0 Å². The molecule has 156 valence electrons. The van der Waals surface area contributed by atoms with Crippen LogP contribution in [0.2, 0.25) is 0 Å². The Morgan fingerprint density at radius 3 is 2.70 bits per heavy atom. The topological polar surface area (TPSA) is 67.9 Å². The Hall–Kier alpha value is -2.86. The van der Waals surface area contributed by atoms with Crippen molar-refractivity contribution >= 4 is 11.8 Å². The average molecular weight is 406 g/mol. The van der Waals surface area contributed by atoms with Crippen LogP contribution in [-0.2, 0) is 17.8 Å². The molecule has 2 aliphatic heterocycles. The van der Waals surface area contributed by atoms with Gasteiger partial charge in [-0.25, -0.2) is 0 Å². The highest BCUT2D eigenvalue weighted by molar-refractivity contribution is 6.01. The second-order valence-electron chi connectivity index (χ2n) is 8.34.